The molecule has 12 heavy (non-hydrogen) atoms. The van der Waals surface area contributed by atoms with Gasteiger partial charge in [-0.05, 0) is 6.42 Å². The molecule has 0 aliphatic heterocycles. The lowest BCUT2D eigenvalue weighted by atomic mass is 10.5. The monoisotopic (exact) mass is 188 g/mol. The highest BCUT2D eigenvalue weighted by molar-refractivity contribution is 7.79. The highest BCUT2D eigenvalue weighted by Gasteiger charge is 1.97. The van der Waals surface area contributed by atoms with Crippen LogP contribution in [0.4, 0.5) is 0 Å². The smallest absolute Gasteiger partial charge is 0.263 e. The molecule has 0 radical (unpaired) electrons. The van der Waals surface area contributed by atoms with Crippen molar-refractivity contribution >= 4 is 11.1 Å². The fourth-order valence-electron chi connectivity index (χ4n) is 0.785. The first-order valence-corrected chi connectivity index (χ1v) is 4.78. The van der Waals surface area contributed by atoms with E-state index >= 15 is 0 Å². The van der Waals surface area contributed by atoms with Crippen LogP contribution in [0.2, 0.25) is 0 Å². The summed E-state index contributed by atoms with van der Waals surface area (Å²) >= 11 is -1.69. The van der Waals surface area contributed by atoms with Crippen LogP contribution in [0.25, 0.3) is 0 Å². The van der Waals surface area contributed by atoms with Gasteiger partial charge in [0.1, 0.15) is 0 Å². The van der Waals surface area contributed by atoms with Gasteiger partial charge in [-0.3, -0.25) is 0 Å². The van der Waals surface area contributed by atoms with E-state index in [9.17, 15) is 4.21 Å². The Kier molecular flexibility index (Phi) is 3.75. The minimum absolute atomic E-state index is 0.294. The van der Waals surface area contributed by atoms with Crippen LogP contribution in [0.1, 0.15) is 6.42 Å². The topological polar surface area (TPSA) is 67.0 Å². The van der Waals surface area contributed by atoms with E-state index in [4.69, 9.17) is 4.55 Å². The molecule has 5 nitrogen and oxygen atoms in total. The molecule has 0 spiro atoms. The van der Waals surface area contributed by atoms with Gasteiger partial charge in [-0.2, -0.15) is 0 Å². The van der Waals surface area contributed by atoms with Crippen LogP contribution in [0.5, 0.6) is 0 Å². The van der Waals surface area contributed by atoms with Crippen molar-refractivity contribution < 1.29 is 13.3 Å². The van der Waals surface area contributed by atoms with Gasteiger partial charge in [-0.15, -0.1) is 0 Å². The van der Waals surface area contributed by atoms with E-state index in [1.165, 1.54) is 6.33 Å². The first kappa shape index (κ1) is 9.21. The summed E-state index contributed by atoms with van der Waals surface area (Å²) in [6.07, 6.45) is 5.36. The van der Waals surface area contributed by atoms with Crippen LogP contribution in [-0.4, -0.2) is 24.5 Å². The predicted octanol–water partition coefficient (Wildman–Crippen LogP) is -0.624. The summed E-state index contributed by atoms with van der Waals surface area (Å²) in [5.41, 5.74) is 0. The highest BCUT2D eigenvalue weighted by atomic mass is 32.2. The van der Waals surface area contributed by atoms with E-state index in [1.807, 2.05) is 0 Å². The molecule has 66 valence electrons. The summed E-state index contributed by atoms with van der Waals surface area (Å²) in [6.45, 7) is 0.674. The van der Waals surface area contributed by atoms with Gasteiger partial charge in [0.25, 0.3) is 6.33 Å². The van der Waals surface area contributed by atoms with Gasteiger partial charge >= 0.3 is 0 Å². The number of aromatic nitrogens is 3. The summed E-state index contributed by atoms with van der Waals surface area (Å²) in [4.78, 5) is 7.59. The van der Waals surface area contributed by atoms with Crippen molar-refractivity contribution in [1.82, 2.24) is 9.97 Å². The van der Waals surface area contributed by atoms with Gasteiger partial charge in [0.15, 0.2) is 11.1 Å². The number of hydrogen-bond acceptors (Lipinski definition) is 3. The number of hydrogen-bond donors (Lipinski definition) is 1. The minimum atomic E-state index is -1.69. The van der Waals surface area contributed by atoms with E-state index in [2.05, 4.69) is 9.97 Å². The Balaban J connectivity index is 2.29. The largest absolute Gasteiger partial charge is 0.306 e. The normalized spacial score (nSPS) is 12.8. The second kappa shape index (κ2) is 4.89. The maximum Gasteiger partial charge on any atom is 0.263 e. The van der Waals surface area contributed by atoms with E-state index in [1.54, 1.807) is 17.2 Å². The highest BCUT2D eigenvalue weighted by Crippen LogP contribution is 1.82. The average molecular weight is 188 g/mol. The molecule has 0 aliphatic carbocycles. The van der Waals surface area contributed by atoms with Crippen molar-refractivity contribution in [3.8, 4) is 0 Å². The van der Waals surface area contributed by atoms with Crippen LogP contribution in [-0.2, 0) is 17.6 Å². The molecule has 0 aromatic carbocycles. The lowest BCUT2D eigenvalue weighted by Gasteiger charge is -1.95. The van der Waals surface area contributed by atoms with Gasteiger partial charge in [0.2, 0.25) is 12.7 Å². The average Bonchev–Trinajstić information content (AvgIpc) is 2.05. The quantitative estimate of drug-likeness (QED) is 0.505. The number of nitrogens with zero attached hydrogens (tertiary/aromatic N) is 3. The summed E-state index contributed by atoms with van der Waals surface area (Å²) in [5.74, 6) is 0.294. The van der Waals surface area contributed by atoms with Crippen LogP contribution in [0, 0.1) is 0 Å². The summed E-state index contributed by atoms with van der Waals surface area (Å²) in [6, 6.07) is 0. The van der Waals surface area contributed by atoms with Crippen LogP contribution in [0.3, 0.4) is 0 Å². The van der Waals surface area contributed by atoms with Crippen molar-refractivity contribution in [2.75, 3.05) is 5.75 Å². The number of aryl methyl sites for hydroxylation is 1. The fraction of sp³-hybridized carbons (Fsp3) is 0.500. The molecule has 1 heterocycles. The molecule has 0 saturated carbocycles. The molecule has 0 aliphatic rings. The van der Waals surface area contributed by atoms with Crippen molar-refractivity contribution in [2.24, 2.45) is 0 Å². The Morgan fingerprint density at radius 1 is 1.42 bits per heavy atom. The van der Waals surface area contributed by atoms with Crippen molar-refractivity contribution in [2.45, 2.75) is 13.0 Å². The predicted molar refractivity (Wildman–Crippen MR) is 42.5 cm³/mol. The summed E-state index contributed by atoms with van der Waals surface area (Å²) in [5, 5.41) is 0. The SMILES string of the molecule is O=S(O)CCC[n+]1cncnc1. The Morgan fingerprint density at radius 3 is 2.67 bits per heavy atom. The molecule has 0 saturated heterocycles. The molecule has 1 N–H and O–H groups in total. The molecule has 1 aromatic heterocycles. The summed E-state index contributed by atoms with van der Waals surface area (Å²) < 4.78 is 20.5. The first-order valence-electron chi connectivity index (χ1n) is 3.50. The molecule has 1 atom stereocenters. The lowest BCUT2D eigenvalue weighted by Crippen LogP contribution is -2.34. The zero-order valence-corrected chi connectivity index (χ0v) is 7.28. The van der Waals surface area contributed by atoms with Gasteiger partial charge in [0, 0.05) is 0 Å². The minimum Gasteiger partial charge on any atom is -0.306 e. The zero-order valence-electron chi connectivity index (χ0n) is 6.46. The third-order valence-corrected chi connectivity index (χ3v) is 1.94. The molecule has 0 bridgehead atoms. The molecular formula is C6H10N3O2S+. The van der Waals surface area contributed by atoms with Crippen molar-refractivity contribution in [3.05, 3.63) is 19.0 Å². The standard InChI is InChI=1S/C6H9N3O2S/c10-12(11)3-1-2-9-5-7-4-8-6-9/h4-6H,1-3H2/p+1. The second-order valence-electron chi connectivity index (χ2n) is 2.26. The van der Waals surface area contributed by atoms with Gasteiger partial charge in [-0.25, -0.2) is 8.78 Å². The zero-order chi connectivity index (χ0) is 8.81. The van der Waals surface area contributed by atoms with Gasteiger partial charge in [-0.1, -0.05) is 9.97 Å². The van der Waals surface area contributed by atoms with Crippen molar-refractivity contribution in [3.63, 3.8) is 0 Å². The molecule has 1 unspecified atom stereocenters. The lowest BCUT2D eigenvalue weighted by molar-refractivity contribution is -0.702. The van der Waals surface area contributed by atoms with E-state index in [0.717, 1.165) is 0 Å². The van der Waals surface area contributed by atoms with E-state index < -0.39 is 11.1 Å². The Labute approximate surface area is 72.8 Å². The second-order valence-corrected chi connectivity index (χ2v) is 3.31. The Bertz CT molecular complexity index is 254. The molecular weight excluding hydrogens is 178 g/mol. The maximum absolute atomic E-state index is 10.3. The van der Waals surface area contributed by atoms with Gasteiger partial charge in [0.05, 0.1) is 12.3 Å². The van der Waals surface area contributed by atoms with Crippen LogP contribution < -0.4 is 4.57 Å². The molecule has 1 rings (SSSR count). The fourth-order valence-corrected chi connectivity index (χ4v) is 1.16. The van der Waals surface area contributed by atoms with Crippen molar-refractivity contribution in [1.29, 1.82) is 0 Å². The Hall–Kier alpha value is -0.880. The molecule has 0 fully saturated rings. The third kappa shape index (κ3) is 3.49. The molecule has 6 heteroatoms. The maximum atomic E-state index is 10.3. The van der Waals surface area contributed by atoms with E-state index in [0.29, 0.717) is 18.7 Å². The summed E-state index contributed by atoms with van der Waals surface area (Å²) in [7, 11) is 0. The Morgan fingerprint density at radius 2 is 2.08 bits per heavy atom. The van der Waals surface area contributed by atoms with Crippen LogP contribution >= 0.6 is 0 Å². The first-order chi connectivity index (χ1) is 5.79. The van der Waals surface area contributed by atoms with Crippen LogP contribution in [0.15, 0.2) is 19.0 Å². The molecule has 1 aromatic rings. The van der Waals surface area contributed by atoms with Gasteiger partial charge < -0.3 is 4.55 Å². The number of rotatable bonds is 4. The van der Waals surface area contributed by atoms with E-state index in [-0.39, 0.29) is 0 Å². The molecule has 0 amide bonds. The third-order valence-electron chi connectivity index (χ3n) is 1.30.